The van der Waals surface area contributed by atoms with Crippen molar-refractivity contribution in [1.29, 1.82) is 5.26 Å². The summed E-state index contributed by atoms with van der Waals surface area (Å²) in [4.78, 5) is 4.32. The van der Waals surface area contributed by atoms with E-state index in [0.717, 1.165) is 65.0 Å². The van der Waals surface area contributed by atoms with Gasteiger partial charge in [-0.1, -0.05) is 73.9 Å². The fourth-order valence-corrected chi connectivity index (χ4v) is 8.48. The van der Waals surface area contributed by atoms with E-state index in [1.807, 2.05) is 72.8 Å². The summed E-state index contributed by atoms with van der Waals surface area (Å²) >= 11 is 0. The van der Waals surface area contributed by atoms with Gasteiger partial charge in [0, 0.05) is 34.1 Å². The Morgan fingerprint density at radius 1 is 0.558 bits per heavy atom. The summed E-state index contributed by atoms with van der Waals surface area (Å²) in [6.45, 7) is -0.510. The Labute approximate surface area is 298 Å². The molecule has 0 N–H and O–H groups in total. The molecule has 0 atom stereocenters. The van der Waals surface area contributed by atoms with Gasteiger partial charge in [-0.3, -0.25) is 0 Å². The van der Waals surface area contributed by atoms with Gasteiger partial charge in [0.2, 0.25) is 5.82 Å². The summed E-state index contributed by atoms with van der Waals surface area (Å²) in [5.74, 6) is -9.62. The van der Waals surface area contributed by atoms with Crippen molar-refractivity contribution in [1.82, 2.24) is 0 Å². The van der Waals surface area contributed by atoms with E-state index in [2.05, 4.69) is 28.0 Å². The molecular formula is C43H29BF5N3. The van der Waals surface area contributed by atoms with Crippen molar-refractivity contribution >= 4 is 57.2 Å². The molecule has 0 unspecified atom stereocenters. The molecule has 6 aromatic rings. The van der Waals surface area contributed by atoms with Crippen LogP contribution in [-0.2, 0) is 0 Å². The second-order valence-electron chi connectivity index (χ2n) is 13.7. The lowest BCUT2D eigenvalue weighted by molar-refractivity contribution is 0.381. The second kappa shape index (κ2) is 12.4. The van der Waals surface area contributed by atoms with Gasteiger partial charge in [0.05, 0.1) is 17.2 Å². The quantitative estimate of drug-likeness (QED) is 0.0796. The maximum Gasteiger partial charge on any atom is 0.252 e. The van der Waals surface area contributed by atoms with Gasteiger partial charge in [-0.05, 0) is 101 Å². The smallest absolute Gasteiger partial charge is 0.252 e. The average Bonchev–Trinajstić information content (AvgIpc) is 3.19. The molecule has 9 heteroatoms. The SMILES string of the molecule is N#Cc1ccc2c(c1)N(c1ccccc1)c1cc(C3CCCCC3)cc3c1B2c1cc(-c2c(F)c(F)c(F)c(F)c2F)ccc1N3c1ccccc1. The van der Waals surface area contributed by atoms with Crippen LogP contribution in [0.15, 0.2) is 109 Å². The normalized spacial score (nSPS) is 14.8. The first kappa shape index (κ1) is 32.1. The molecule has 1 aliphatic carbocycles. The van der Waals surface area contributed by atoms with Crippen LogP contribution in [0.1, 0.15) is 49.1 Å². The standard InChI is InChI=1S/C43H29BF5N3/c45-39-37(40(46)42(48)43(49)41(39)47)27-17-19-33-32(21-27)44-31-18-16-25(24-50)20-34(31)52(30-14-8-3-9-15-30)36-23-28(26-10-4-1-5-11-26)22-35(38(36)44)51(33)29-12-6-2-7-13-29/h2-3,6-9,12-23,26H,1,4-5,10-11H2. The Bertz CT molecular complexity index is 2410. The van der Waals surface area contributed by atoms with Gasteiger partial charge in [-0.2, -0.15) is 5.26 Å². The number of halogens is 5. The van der Waals surface area contributed by atoms with E-state index in [4.69, 9.17) is 0 Å². The van der Waals surface area contributed by atoms with Gasteiger partial charge in [0.15, 0.2) is 23.3 Å². The highest BCUT2D eigenvalue weighted by Gasteiger charge is 2.44. The van der Waals surface area contributed by atoms with Crippen LogP contribution in [0.3, 0.4) is 0 Å². The largest absolute Gasteiger partial charge is 0.311 e. The van der Waals surface area contributed by atoms with Crippen LogP contribution in [0.25, 0.3) is 11.1 Å². The van der Waals surface area contributed by atoms with Crippen molar-refractivity contribution in [2.24, 2.45) is 0 Å². The fraction of sp³-hybridized carbons (Fsp3) is 0.140. The summed E-state index contributed by atoms with van der Waals surface area (Å²) in [6.07, 6.45) is 5.61. The molecule has 0 spiro atoms. The van der Waals surface area contributed by atoms with Gasteiger partial charge < -0.3 is 9.80 Å². The summed E-state index contributed by atoms with van der Waals surface area (Å²) in [7, 11) is 0. The first-order valence-corrected chi connectivity index (χ1v) is 17.4. The van der Waals surface area contributed by atoms with Crippen LogP contribution < -0.4 is 26.2 Å². The van der Waals surface area contributed by atoms with Crippen LogP contribution in [-0.4, -0.2) is 6.71 Å². The molecule has 0 bridgehead atoms. The Balaban J connectivity index is 1.39. The minimum Gasteiger partial charge on any atom is -0.311 e. The van der Waals surface area contributed by atoms with Crippen molar-refractivity contribution in [2.45, 2.75) is 38.0 Å². The first-order valence-electron chi connectivity index (χ1n) is 17.4. The highest BCUT2D eigenvalue weighted by molar-refractivity contribution is 7.00. The molecule has 3 aliphatic rings. The topological polar surface area (TPSA) is 30.3 Å². The molecule has 2 heterocycles. The molecule has 9 rings (SSSR count). The third-order valence-corrected chi connectivity index (χ3v) is 10.8. The lowest BCUT2D eigenvalue weighted by Gasteiger charge is -2.45. The molecule has 254 valence electrons. The van der Waals surface area contributed by atoms with E-state index in [-0.39, 0.29) is 5.56 Å². The maximum absolute atomic E-state index is 15.4. The monoisotopic (exact) mass is 693 g/mol. The lowest BCUT2D eigenvalue weighted by atomic mass is 9.33. The number of nitrogens with zero attached hydrogens (tertiary/aromatic N) is 3. The summed E-state index contributed by atoms with van der Waals surface area (Å²) < 4.78 is 74.1. The number of anilines is 6. The van der Waals surface area contributed by atoms with Crippen LogP contribution in [0.4, 0.5) is 56.1 Å². The van der Waals surface area contributed by atoms with E-state index >= 15 is 8.78 Å². The third kappa shape index (κ3) is 4.85. The molecule has 0 aromatic heterocycles. The predicted molar refractivity (Wildman–Crippen MR) is 196 cm³/mol. The zero-order chi connectivity index (χ0) is 35.7. The van der Waals surface area contributed by atoms with E-state index in [0.29, 0.717) is 22.6 Å². The summed E-state index contributed by atoms with van der Waals surface area (Å²) in [5.41, 5.74) is 8.04. The molecule has 1 fully saturated rings. The molecule has 6 aromatic carbocycles. The zero-order valence-corrected chi connectivity index (χ0v) is 27.8. The highest BCUT2D eigenvalue weighted by Crippen LogP contribution is 2.47. The van der Waals surface area contributed by atoms with E-state index < -0.39 is 41.4 Å². The number of hydrogen-bond donors (Lipinski definition) is 0. The lowest BCUT2D eigenvalue weighted by Crippen LogP contribution is -2.61. The predicted octanol–water partition coefficient (Wildman–Crippen LogP) is 10.1. The molecule has 52 heavy (non-hydrogen) atoms. The highest BCUT2D eigenvalue weighted by atomic mass is 19.2. The average molecular weight is 694 g/mol. The zero-order valence-electron chi connectivity index (χ0n) is 27.8. The Morgan fingerprint density at radius 3 is 1.73 bits per heavy atom. The van der Waals surface area contributed by atoms with E-state index in [1.165, 1.54) is 18.1 Å². The minimum atomic E-state index is -2.20. The molecular weight excluding hydrogens is 664 g/mol. The maximum atomic E-state index is 15.4. The Morgan fingerprint density at radius 2 is 1.13 bits per heavy atom. The number of para-hydroxylation sites is 2. The number of rotatable bonds is 4. The van der Waals surface area contributed by atoms with Crippen molar-refractivity contribution in [3.05, 3.63) is 149 Å². The van der Waals surface area contributed by atoms with Crippen LogP contribution in [0, 0.1) is 40.4 Å². The number of fused-ring (bicyclic) bond motifs is 4. The Kier molecular flexibility index (Phi) is 7.65. The van der Waals surface area contributed by atoms with Crippen molar-refractivity contribution in [2.75, 3.05) is 9.80 Å². The fourth-order valence-electron chi connectivity index (χ4n) is 8.48. The van der Waals surface area contributed by atoms with Crippen LogP contribution in [0.2, 0.25) is 0 Å². The van der Waals surface area contributed by atoms with Crippen molar-refractivity contribution in [3.8, 4) is 17.2 Å². The van der Waals surface area contributed by atoms with Gasteiger partial charge in [0.1, 0.15) is 0 Å². The summed E-state index contributed by atoms with van der Waals surface area (Å²) in [6, 6.07) is 36.7. The van der Waals surface area contributed by atoms with Crippen molar-refractivity contribution in [3.63, 3.8) is 0 Å². The van der Waals surface area contributed by atoms with Crippen molar-refractivity contribution < 1.29 is 22.0 Å². The van der Waals surface area contributed by atoms with E-state index in [9.17, 15) is 18.4 Å². The third-order valence-electron chi connectivity index (χ3n) is 10.8. The van der Waals surface area contributed by atoms with Gasteiger partial charge in [0.25, 0.3) is 6.71 Å². The first-order chi connectivity index (χ1) is 25.4. The molecule has 2 aliphatic heterocycles. The molecule has 0 saturated heterocycles. The van der Waals surface area contributed by atoms with Gasteiger partial charge >= 0.3 is 0 Å². The number of nitriles is 1. The Hall–Kier alpha value is -5.88. The molecule has 0 radical (unpaired) electrons. The van der Waals surface area contributed by atoms with Gasteiger partial charge in [-0.15, -0.1) is 0 Å². The number of benzene rings is 6. The van der Waals surface area contributed by atoms with Gasteiger partial charge in [-0.25, -0.2) is 22.0 Å². The molecule has 0 amide bonds. The second-order valence-corrected chi connectivity index (χ2v) is 13.7. The number of hydrogen-bond acceptors (Lipinski definition) is 3. The van der Waals surface area contributed by atoms with Crippen LogP contribution >= 0.6 is 0 Å². The molecule has 1 saturated carbocycles. The van der Waals surface area contributed by atoms with Crippen LogP contribution in [0.5, 0.6) is 0 Å². The molecule has 3 nitrogen and oxygen atoms in total. The van der Waals surface area contributed by atoms with E-state index in [1.54, 1.807) is 18.2 Å². The summed E-state index contributed by atoms with van der Waals surface area (Å²) in [5, 5.41) is 10.0. The minimum absolute atomic E-state index is 0.135.